The maximum Gasteiger partial charge on any atom is 0.342 e. The van der Waals surface area contributed by atoms with Crippen molar-refractivity contribution in [1.82, 2.24) is 0 Å². The number of aromatic hydroxyl groups is 2. The highest BCUT2D eigenvalue weighted by Crippen LogP contribution is 2.29. The van der Waals surface area contributed by atoms with Gasteiger partial charge in [0.15, 0.2) is 5.78 Å². The van der Waals surface area contributed by atoms with Crippen molar-refractivity contribution >= 4 is 11.8 Å². The zero-order valence-electron chi connectivity index (χ0n) is 11.8. The van der Waals surface area contributed by atoms with Crippen molar-refractivity contribution in [3.63, 3.8) is 0 Å². The first kappa shape index (κ1) is 15.1. The third-order valence-corrected chi connectivity index (χ3v) is 3.35. The molecule has 2 rings (SSSR count). The lowest BCUT2D eigenvalue weighted by molar-refractivity contribution is -0.114. The van der Waals surface area contributed by atoms with Crippen LogP contribution in [0.4, 0.5) is 0 Å². The Morgan fingerprint density at radius 1 is 1.24 bits per heavy atom. The topological polar surface area (TPSA) is 83.8 Å². The molecule has 0 amide bonds. The molecule has 5 heteroatoms. The second-order valence-electron chi connectivity index (χ2n) is 5.19. The Kier molecular flexibility index (Phi) is 4.62. The van der Waals surface area contributed by atoms with E-state index in [0.29, 0.717) is 6.42 Å². The zero-order chi connectivity index (χ0) is 15.4. The second-order valence-corrected chi connectivity index (χ2v) is 5.19. The van der Waals surface area contributed by atoms with Gasteiger partial charge in [0.05, 0.1) is 6.10 Å². The van der Waals surface area contributed by atoms with Crippen molar-refractivity contribution in [2.24, 2.45) is 0 Å². The number of benzene rings is 1. The number of hydrogen-bond donors (Lipinski definition) is 2. The molecule has 1 aromatic rings. The monoisotopic (exact) mass is 290 g/mol. The average Bonchev–Trinajstić information content (AvgIpc) is 2.35. The number of rotatable bonds is 0. The third-order valence-electron chi connectivity index (χ3n) is 3.35. The van der Waals surface area contributed by atoms with Crippen molar-refractivity contribution in [1.29, 1.82) is 0 Å². The molecule has 21 heavy (non-hydrogen) atoms. The molecule has 2 N–H and O–H groups in total. The summed E-state index contributed by atoms with van der Waals surface area (Å²) in [7, 11) is 0. The third kappa shape index (κ3) is 3.84. The molecule has 1 aliphatic rings. The molecule has 1 heterocycles. The highest BCUT2D eigenvalue weighted by atomic mass is 16.5. The standard InChI is InChI=1S/C16H18O5/c1-10-5-3-2-4-6-12(17)7-11-8-13(18)9-14(19)15(11)16(20)21-10/h4,6,8-10,18-19H,2-3,5,7H2,1H3/b6-4+/t10-/m1/s1. The Morgan fingerprint density at radius 3 is 2.76 bits per heavy atom. The van der Waals surface area contributed by atoms with E-state index in [2.05, 4.69) is 0 Å². The van der Waals surface area contributed by atoms with Crippen LogP contribution in [0.3, 0.4) is 0 Å². The summed E-state index contributed by atoms with van der Waals surface area (Å²) in [5.74, 6) is -1.44. The highest BCUT2D eigenvalue weighted by Gasteiger charge is 2.22. The van der Waals surface area contributed by atoms with Crippen molar-refractivity contribution in [2.45, 2.75) is 38.7 Å². The van der Waals surface area contributed by atoms with Gasteiger partial charge in [0, 0.05) is 12.5 Å². The number of carbonyl (C=O) groups excluding carboxylic acids is 2. The molecule has 0 aromatic heterocycles. The van der Waals surface area contributed by atoms with Crippen LogP contribution in [-0.4, -0.2) is 28.1 Å². The number of cyclic esters (lactones) is 1. The first-order chi connectivity index (χ1) is 9.97. The summed E-state index contributed by atoms with van der Waals surface area (Å²) in [5.41, 5.74) is 0.210. The molecule has 0 saturated carbocycles. The van der Waals surface area contributed by atoms with Gasteiger partial charge in [0.25, 0.3) is 0 Å². The van der Waals surface area contributed by atoms with Gasteiger partial charge in [-0.1, -0.05) is 6.08 Å². The number of esters is 1. The van der Waals surface area contributed by atoms with Gasteiger partial charge in [-0.3, -0.25) is 4.79 Å². The molecule has 0 bridgehead atoms. The predicted octanol–water partition coefficient (Wildman–Crippen LogP) is 2.49. The highest BCUT2D eigenvalue weighted by molar-refractivity contribution is 5.98. The largest absolute Gasteiger partial charge is 0.508 e. The normalized spacial score (nSPS) is 21.7. The lowest BCUT2D eigenvalue weighted by Crippen LogP contribution is -2.18. The van der Waals surface area contributed by atoms with Crippen molar-refractivity contribution < 1.29 is 24.5 Å². The summed E-state index contributed by atoms with van der Waals surface area (Å²) in [4.78, 5) is 24.0. The molecule has 0 spiro atoms. The Labute approximate surface area is 122 Å². The van der Waals surface area contributed by atoms with Crippen LogP contribution < -0.4 is 0 Å². The fourth-order valence-corrected chi connectivity index (χ4v) is 2.33. The minimum absolute atomic E-state index is 0.0537. The van der Waals surface area contributed by atoms with E-state index < -0.39 is 5.97 Å². The van der Waals surface area contributed by atoms with E-state index in [1.54, 1.807) is 13.0 Å². The van der Waals surface area contributed by atoms with E-state index in [1.807, 2.05) is 0 Å². The van der Waals surface area contributed by atoms with Gasteiger partial charge in [-0.05, 0) is 43.9 Å². The Bertz CT molecular complexity index is 589. The van der Waals surface area contributed by atoms with Crippen LogP contribution in [0.2, 0.25) is 0 Å². The quantitative estimate of drug-likeness (QED) is 0.717. The van der Waals surface area contributed by atoms with Gasteiger partial charge in [-0.15, -0.1) is 0 Å². The van der Waals surface area contributed by atoms with Crippen molar-refractivity contribution in [3.8, 4) is 11.5 Å². The van der Waals surface area contributed by atoms with E-state index in [9.17, 15) is 19.8 Å². The number of hydrogen-bond acceptors (Lipinski definition) is 5. The summed E-state index contributed by atoms with van der Waals surface area (Å²) in [6, 6.07) is 2.37. The molecule has 112 valence electrons. The van der Waals surface area contributed by atoms with E-state index in [0.717, 1.165) is 18.9 Å². The number of allylic oxidation sites excluding steroid dienone is 2. The number of phenolic OH excluding ortho intramolecular Hbond substituents is 2. The van der Waals surface area contributed by atoms with Gasteiger partial charge < -0.3 is 14.9 Å². The maximum absolute atomic E-state index is 12.2. The van der Waals surface area contributed by atoms with E-state index >= 15 is 0 Å². The SMILES string of the molecule is C[C@@H]1CCC/C=C/C(=O)Cc2cc(O)cc(O)c2C(=O)O1. The summed E-state index contributed by atoms with van der Waals surface area (Å²) in [6.07, 6.45) is 5.15. The Hall–Kier alpha value is -2.30. The number of ether oxygens (including phenoxy) is 1. The summed E-state index contributed by atoms with van der Waals surface area (Å²) >= 11 is 0. The van der Waals surface area contributed by atoms with Crippen LogP contribution in [0.5, 0.6) is 11.5 Å². The fourth-order valence-electron chi connectivity index (χ4n) is 2.33. The minimum Gasteiger partial charge on any atom is -0.508 e. The Morgan fingerprint density at radius 2 is 2.00 bits per heavy atom. The molecule has 0 unspecified atom stereocenters. The second kappa shape index (κ2) is 6.43. The number of fused-ring (bicyclic) bond motifs is 1. The van der Waals surface area contributed by atoms with Crippen LogP contribution in [0.25, 0.3) is 0 Å². The summed E-state index contributed by atoms with van der Waals surface area (Å²) < 4.78 is 5.29. The molecule has 0 radical (unpaired) electrons. The van der Waals surface area contributed by atoms with E-state index in [-0.39, 0.29) is 40.9 Å². The van der Waals surface area contributed by atoms with Gasteiger partial charge in [-0.2, -0.15) is 0 Å². The van der Waals surface area contributed by atoms with Crippen LogP contribution >= 0.6 is 0 Å². The minimum atomic E-state index is -0.674. The molecule has 0 saturated heterocycles. The molecular weight excluding hydrogens is 272 g/mol. The zero-order valence-corrected chi connectivity index (χ0v) is 11.8. The molecule has 5 nitrogen and oxygen atoms in total. The van der Waals surface area contributed by atoms with Crippen molar-refractivity contribution in [3.05, 3.63) is 35.4 Å². The lowest BCUT2D eigenvalue weighted by Gasteiger charge is -2.16. The van der Waals surface area contributed by atoms with Crippen LogP contribution in [0.15, 0.2) is 24.3 Å². The first-order valence-electron chi connectivity index (χ1n) is 6.92. The van der Waals surface area contributed by atoms with Gasteiger partial charge in [-0.25, -0.2) is 4.79 Å². The fraction of sp³-hybridized carbons (Fsp3) is 0.375. The molecule has 1 aliphatic heterocycles. The van der Waals surface area contributed by atoms with Gasteiger partial charge in [0.1, 0.15) is 17.1 Å². The van der Waals surface area contributed by atoms with Gasteiger partial charge >= 0.3 is 5.97 Å². The van der Waals surface area contributed by atoms with Gasteiger partial charge in [0.2, 0.25) is 0 Å². The molecule has 0 fully saturated rings. The maximum atomic E-state index is 12.2. The predicted molar refractivity (Wildman–Crippen MR) is 76.4 cm³/mol. The lowest BCUT2D eigenvalue weighted by atomic mass is 9.99. The molecular formula is C16H18O5. The van der Waals surface area contributed by atoms with E-state index in [1.165, 1.54) is 12.1 Å². The number of ketones is 1. The first-order valence-corrected chi connectivity index (χ1v) is 6.92. The van der Waals surface area contributed by atoms with Crippen LogP contribution in [-0.2, 0) is 16.0 Å². The Balaban J connectivity index is 2.44. The molecule has 1 atom stereocenters. The smallest absolute Gasteiger partial charge is 0.342 e. The van der Waals surface area contributed by atoms with E-state index in [4.69, 9.17) is 4.74 Å². The van der Waals surface area contributed by atoms with Crippen molar-refractivity contribution in [2.75, 3.05) is 0 Å². The number of carbonyl (C=O) groups is 2. The summed E-state index contributed by atoms with van der Waals surface area (Å²) in [5, 5.41) is 19.4. The van der Waals surface area contributed by atoms with Crippen LogP contribution in [0, 0.1) is 0 Å². The average molecular weight is 290 g/mol. The summed E-state index contributed by atoms with van der Waals surface area (Å²) in [6.45, 7) is 1.79. The van der Waals surface area contributed by atoms with Crippen LogP contribution in [0.1, 0.15) is 42.1 Å². The number of phenols is 2. The molecule has 1 aromatic carbocycles. The molecule has 0 aliphatic carbocycles.